The highest BCUT2D eigenvalue weighted by atomic mass is 16.4. The average molecular weight is 429 g/mol. The van der Waals surface area contributed by atoms with Crippen LogP contribution in [0.5, 0.6) is 5.75 Å². The fourth-order valence-electron chi connectivity index (χ4n) is 4.44. The summed E-state index contributed by atoms with van der Waals surface area (Å²) in [4.78, 5) is 10.2. The minimum atomic E-state index is -0.772. The van der Waals surface area contributed by atoms with Gasteiger partial charge in [0.05, 0.1) is 5.56 Å². The summed E-state index contributed by atoms with van der Waals surface area (Å²) >= 11 is 0. The van der Waals surface area contributed by atoms with E-state index in [9.17, 15) is 0 Å². The van der Waals surface area contributed by atoms with Gasteiger partial charge in [0.2, 0.25) is 0 Å². The normalized spacial score (nSPS) is 18.3. The molecule has 4 nitrogen and oxygen atoms in total. The van der Waals surface area contributed by atoms with Crippen molar-refractivity contribution in [3.05, 3.63) is 129 Å². The summed E-state index contributed by atoms with van der Waals surface area (Å²) in [6.45, 7) is 6.16. The van der Waals surface area contributed by atoms with Crippen molar-refractivity contribution in [3.8, 4) is 16.9 Å². The lowest BCUT2D eigenvalue weighted by Gasteiger charge is -2.30. The summed E-state index contributed by atoms with van der Waals surface area (Å²) in [5.74, 6) is 2.37. The standard InChI is InChI=1S/C29H22N3O/c1-19-16-17-24-23(18-19)26-22(14-9-15-25(26)33-24)28-30-27(20-10-5-3-6-11-20)31-29(2,32-28)21-12-7-4-8-13-21/h3-18H,1H2,2H3,(H,30,31,32)/q+1. The summed E-state index contributed by atoms with van der Waals surface area (Å²) in [5, 5.41) is 4.46. The molecular formula is C29H22N3O+. The van der Waals surface area contributed by atoms with Crippen molar-refractivity contribution in [1.29, 1.82) is 0 Å². The van der Waals surface area contributed by atoms with Gasteiger partial charge in [-0.05, 0) is 30.3 Å². The lowest BCUT2D eigenvalue weighted by molar-refractivity contribution is 0.518. The van der Waals surface area contributed by atoms with Crippen molar-refractivity contribution < 1.29 is 0 Å². The van der Waals surface area contributed by atoms with E-state index in [1.807, 2.05) is 67.6 Å². The van der Waals surface area contributed by atoms with Crippen LogP contribution in [0.2, 0.25) is 0 Å². The summed E-state index contributed by atoms with van der Waals surface area (Å²) in [7, 11) is 0. The fourth-order valence-corrected chi connectivity index (χ4v) is 4.44. The van der Waals surface area contributed by atoms with E-state index in [4.69, 9.17) is 14.4 Å². The lowest BCUT2D eigenvalue weighted by Crippen LogP contribution is -2.41. The van der Waals surface area contributed by atoms with Gasteiger partial charge in [-0.3, -0.25) is 0 Å². The highest BCUT2D eigenvalue weighted by Gasteiger charge is 2.35. The number of hydrogen-bond acceptors (Lipinski definition) is 3. The summed E-state index contributed by atoms with van der Waals surface area (Å²) in [5.41, 5.74) is 5.13. The topological polar surface area (TPSA) is 48.0 Å². The first-order chi connectivity index (χ1) is 16.1. The van der Waals surface area contributed by atoms with Crippen LogP contribution in [0, 0.1) is 0 Å². The zero-order valence-electron chi connectivity index (χ0n) is 18.2. The van der Waals surface area contributed by atoms with E-state index in [1.54, 1.807) is 0 Å². The molecule has 2 heterocycles. The zero-order chi connectivity index (χ0) is 22.4. The lowest BCUT2D eigenvalue weighted by atomic mass is 9.96. The van der Waals surface area contributed by atoms with Crippen molar-refractivity contribution in [2.45, 2.75) is 12.6 Å². The predicted molar refractivity (Wildman–Crippen MR) is 135 cm³/mol. The molecule has 4 aromatic carbocycles. The van der Waals surface area contributed by atoms with Gasteiger partial charge in [-0.1, -0.05) is 73.3 Å². The summed E-state index contributed by atoms with van der Waals surface area (Å²) in [6.07, 6.45) is 0. The van der Waals surface area contributed by atoms with Gasteiger partial charge in [0.25, 0.3) is 0 Å². The van der Waals surface area contributed by atoms with Crippen molar-refractivity contribution in [1.82, 2.24) is 5.32 Å². The van der Waals surface area contributed by atoms with Crippen LogP contribution in [-0.2, 0) is 5.66 Å². The van der Waals surface area contributed by atoms with Gasteiger partial charge in [-0.15, -0.1) is 0 Å². The Balaban J connectivity index is 1.56. The van der Waals surface area contributed by atoms with E-state index < -0.39 is 5.66 Å². The maximum atomic E-state index is 6.15. The van der Waals surface area contributed by atoms with Crippen molar-refractivity contribution in [2.24, 2.45) is 9.98 Å². The number of nitrogens with zero attached hydrogens (tertiary/aromatic N) is 2. The number of hydrogen-bond donors (Lipinski definition) is 1. The van der Waals surface area contributed by atoms with Crippen LogP contribution >= 0.6 is 0 Å². The molecular weight excluding hydrogens is 406 g/mol. The van der Waals surface area contributed by atoms with E-state index in [-0.39, 0.29) is 0 Å². The Morgan fingerprint density at radius 3 is 2.27 bits per heavy atom. The second-order valence-electron chi connectivity index (χ2n) is 8.41. The third-order valence-corrected chi connectivity index (χ3v) is 6.08. The smallest absolute Gasteiger partial charge is 0.324 e. The number of nitrogens with one attached hydrogen (secondary N) is 1. The molecule has 0 radical (unpaired) electrons. The molecule has 2 aliphatic rings. The number of benzene rings is 4. The number of aliphatic imine (C=N–C) groups is 2. The number of amidine groups is 2. The molecule has 1 atom stereocenters. The highest BCUT2D eigenvalue weighted by molar-refractivity contribution is 6.18. The molecule has 158 valence electrons. The molecule has 33 heavy (non-hydrogen) atoms. The predicted octanol–water partition coefficient (Wildman–Crippen LogP) is 4.78. The van der Waals surface area contributed by atoms with E-state index in [1.165, 1.54) is 0 Å². The molecule has 6 rings (SSSR count). The van der Waals surface area contributed by atoms with Crippen LogP contribution in [0.25, 0.3) is 17.7 Å². The fraction of sp³-hybridized carbons (Fsp3) is 0.0690. The number of fused-ring (bicyclic) bond motifs is 3. The second kappa shape index (κ2) is 7.38. The highest BCUT2D eigenvalue weighted by Crippen LogP contribution is 2.38. The van der Waals surface area contributed by atoms with Gasteiger partial charge < -0.3 is 5.32 Å². The molecule has 1 N–H and O–H groups in total. The van der Waals surface area contributed by atoms with E-state index in [0.717, 1.165) is 55.9 Å². The Bertz CT molecular complexity index is 1560. The van der Waals surface area contributed by atoms with Crippen LogP contribution < -0.4 is 16.0 Å². The van der Waals surface area contributed by atoms with E-state index >= 15 is 0 Å². The van der Waals surface area contributed by atoms with E-state index in [0.29, 0.717) is 0 Å². The Morgan fingerprint density at radius 2 is 1.48 bits per heavy atom. The van der Waals surface area contributed by atoms with Crippen molar-refractivity contribution in [2.75, 3.05) is 0 Å². The molecule has 0 fully saturated rings. The zero-order valence-corrected chi connectivity index (χ0v) is 18.2. The van der Waals surface area contributed by atoms with Gasteiger partial charge >= 0.3 is 11.2 Å². The van der Waals surface area contributed by atoms with Crippen LogP contribution in [0.4, 0.5) is 0 Å². The Morgan fingerprint density at radius 1 is 0.758 bits per heavy atom. The molecule has 4 heteroatoms. The van der Waals surface area contributed by atoms with Gasteiger partial charge in [0.15, 0.2) is 5.66 Å². The summed E-state index contributed by atoms with van der Waals surface area (Å²) in [6, 6.07) is 32.4. The molecule has 0 amide bonds. The molecule has 2 aliphatic heterocycles. The molecule has 0 spiro atoms. The first-order valence-corrected chi connectivity index (χ1v) is 11.0. The molecule has 0 aromatic heterocycles. The maximum Gasteiger partial charge on any atom is 0.362 e. The van der Waals surface area contributed by atoms with Gasteiger partial charge in [0.1, 0.15) is 17.2 Å². The van der Waals surface area contributed by atoms with Gasteiger partial charge in [0, 0.05) is 28.8 Å². The van der Waals surface area contributed by atoms with E-state index in [2.05, 4.69) is 48.3 Å². The van der Waals surface area contributed by atoms with Crippen LogP contribution in [0.3, 0.4) is 0 Å². The largest absolute Gasteiger partial charge is 0.362 e. The minimum Gasteiger partial charge on any atom is -0.324 e. The van der Waals surface area contributed by atoms with Crippen LogP contribution in [0.15, 0.2) is 111 Å². The molecule has 0 saturated heterocycles. The monoisotopic (exact) mass is 428 g/mol. The third kappa shape index (κ3) is 3.28. The quantitative estimate of drug-likeness (QED) is 0.413. The number of rotatable bonds is 3. The molecule has 4 aromatic rings. The molecule has 0 bridgehead atoms. The Labute approximate surface area is 192 Å². The van der Waals surface area contributed by atoms with Gasteiger partial charge in [-0.2, -0.15) is 0 Å². The van der Waals surface area contributed by atoms with Crippen LogP contribution in [0.1, 0.15) is 23.6 Å². The maximum absolute atomic E-state index is 6.15. The first kappa shape index (κ1) is 19.4. The summed E-state index contributed by atoms with van der Waals surface area (Å²) < 4.78 is 6.15. The first-order valence-electron chi connectivity index (χ1n) is 11.0. The SMILES string of the molecule is C=c1ccc2c(c1)-c1c(cccc1C1=NC(C)(c3ccccc3)N=C(c3ccccc3)N1)[O+]=2. The van der Waals surface area contributed by atoms with Gasteiger partial charge in [-0.25, -0.2) is 14.4 Å². The molecule has 1 unspecified atom stereocenters. The molecule has 0 saturated carbocycles. The van der Waals surface area contributed by atoms with Crippen molar-refractivity contribution in [3.63, 3.8) is 0 Å². The van der Waals surface area contributed by atoms with Crippen LogP contribution in [-0.4, -0.2) is 11.7 Å². The Hall–Kier alpha value is -4.31. The minimum absolute atomic E-state index is 0.762. The second-order valence-corrected chi connectivity index (χ2v) is 8.41. The molecule has 0 aliphatic carbocycles. The Kier molecular flexibility index (Phi) is 4.34. The third-order valence-electron chi connectivity index (χ3n) is 6.08. The average Bonchev–Trinajstić information content (AvgIpc) is 3.23. The van der Waals surface area contributed by atoms with Crippen molar-refractivity contribution >= 4 is 18.3 Å².